The molecular formula is C10H14N2O. The van der Waals surface area contributed by atoms with Crippen LogP contribution in [0.15, 0.2) is 10.6 Å². The molecule has 1 aromatic heterocycles. The summed E-state index contributed by atoms with van der Waals surface area (Å²) in [5, 5.41) is 7.52. The maximum Gasteiger partial charge on any atom is 0.153 e. The Labute approximate surface area is 77.5 Å². The van der Waals surface area contributed by atoms with Crippen molar-refractivity contribution in [2.75, 3.05) is 6.54 Å². The van der Waals surface area contributed by atoms with Crippen molar-refractivity contribution in [3.8, 4) is 0 Å². The van der Waals surface area contributed by atoms with E-state index in [9.17, 15) is 0 Å². The molecule has 1 saturated carbocycles. The number of aromatic nitrogens is 1. The van der Waals surface area contributed by atoms with Crippen molar-refractivity contribution in [2.24, 2.45) is 0 Å². The minimum absolute atomic E-state index is 0.431. The fourth-order valence-corrected chi connectivity index (χ4v) is 1.97. The highest BCUT2D eigenvalue weighted by molar-refractivity contribution is 5.17. The lowest BCUT2D eigenvalue weighted by Gasteiger charge is -2.02. The van der Waals surface area contributed by atoms with E-state index >= 15 is 0 Å². The van der Waals surface area contributed by atoms with Gasteiger partial charge >= 0.3 is 0 Å². The molecule has 2 fully saturated rings. The Morgan fingerprint density at radius 1 is 1.38 bits per heavy atom. The van der Waals surface area contributed by atoms with E-state index < -0.39 is 0 Å². The van der Waals surface area contributed by atoms with Crippen LogP contribution in [0.1, 0.15) is 49.1 Å². The molecule has 1 saturated heterocycles. The molecule has 1 N–H and O–H groups in total. The Kier molecular flexibility index (Phi) is 1.65. The summed E-state index contributed by atoms with van der Waals surface area (Å²) >= 11 is 0. The first-order valence-corrected chi connectivity index (χ1v) is 5.13. The number of hydrogen-bond acceptors (Lipinski definition) is 3. The summed E-state index contributed by atoms with van der Waals surface area (Å²) in [7, 11) is 0. The van der Waals surface area contributed by atoms with Crippen molar-refractivity contribution in [2.45, 2.75) is 37.6 Å². The van der Waals surface area contributed by atoms with E-state index in [1.165, 1.54) is 31.4 Å². The first-order chi connectivity index (χ1) is 6.43. The molecule has 1 aliphatic carbocycles. The van der Waals surface area contributed by atoms with E-state index in [0.717, 1.165) is 12.3 Å². The molecule has 1 aliphatic heterocycles. The third kappa shape index (κ3) is 1.37. The van der Waals surface area contributed by atoms with Gasteiger partial charge in [0.05, 0.1) is 11.7 Å². The zero-order chi connectivity index (χ0) is 8.67. The molecule has 70 valence electrons. The van der Waals surface area contributed by atoms with Gasteiger partial charge in [-0.2, -0.15) is 0 Å². The Balaban J connectivity index is 1.79. The van der Waals surface area contributed by atoms with E-state index in [0.29, 0.717) is 12.0 Å². The molecule has 3 heteroatoms. The van der Waals surface area contributed by atoms with Gasteiger partial charge in [0.2, 0.25) is 0 Å². The van der Waals surface area contributed by atoms with Crippen LogP contribution in [-0.4, -0.2) is 11.7 Å². The first kappa shape index (κ1) is 7.56. The fraction of sp³-hybridized carbons (Fsp3) is 0.700. The van der Waals surface area contributed by atoms with Crippen molar-refractivity contribution in [3.05, 3.63) is 17.5 Å². The minimum atomic E-state index is 0.431. The van der Waals surface area contributed by atoms with Crippen LogP contribution in [0.25, 0.3) is 0 Å². The van der Waals surface area contributed by atoms with Gasteiger partial charge in [0, 0.05) is 12.0 Å². The molecule has 0 aromatic carbocycles. The molecule has 2 aliphatic rings. The largest absolute Gasteiger partial charge is 0.359 e. The molecule has 1 atom stereocenters. The molecule has 0 spiro atoms. The lowest BCUT2D eigenvalue weighted by Crippen LogP contribution is -2.11. The predicted molar refractivity (Wildman–Crippen MR) is 48.5 cm³/mol. The summed E-state index contributed by atoms with van der Waals surface area (Å²) in [5.74, 6) is 1.75. The van der Waals surface area contributed by atoms with Crippen LogP contribution in [0.5, 0.6) is 0 Å². The molecule has 0 amide bonds. The molecule has 2 heterocycles. The van der Waals surface area contributed by atoms with Gasteiger partial charge in [-0.1, -0.05) is 5.16 Å². The van der Waals surface area contributed by atoms with Gasteiger partial charge < -0.3 is 9.84 Å². The Bertz CT molecular complexity index is 298. The van der Waals surface area contributed by atoms with Gasteiger partial charge in [0.1, 0.15) is 0 Å². The normalized spacial score (nSPS) is 28.2. The maximum absolute atomic E-state index is 5.34. The first-order valence-electron chi connectivity index (χ1n) is 5.13. The Morgan fingerprint density at radius 3 is 3.00 bits per heavy atom. The molecule has 13 heavy (non-hydrogen) atoms. The molecule has 1 unspecified atom stereocenters. The van der Waals surface area contributed by atoms with Crippen LogP contribution in [0.2, 0.25) is 0 Å². The van der Waals surface area contributed by atoms with Gasteiger partial charge in [-0.05, 0) is 32.2 Å². The van der Waals surface area contributed by atoms with Crippen molar-refractivity contribution in [1.29, 1.82) is 0 Å². The van der Waals surface area contributed by atoms with E-state index in [4.69, 9.17) is 4.52 Å². The highest BCUT2D eigenvalue weighted by Crippen LogP contribution is 2.40. The second-order valence-corrected chi connectivity index (χ2v) is 4.08. The standard InChI is InChI=1S/C10H14N2O/c1-2-8(11-5-1)10-6-9(12-13-10)7-3-4-7/h6-8,11H,1-5H2. The average molecular weight is 178 g/mol. The lowest BCUT2D eigenvalue weighted by molar-refractivity contribution is 0.347. The Hall–Kier alpha value is -0.830. The van der Waals surface area contributed by atoms with Gasteiger partial charge in [-0.3, -0.25) is 0 Å². The quantitative estimate of drug-likeness (QED) is 0.752. The van der Waals surface area contributed by atoms with Gasteiger partial charge in [0.15, 0.2) is 5.76 Å². The van der Waals surface area contributed by atoms with E-state index in [-0.39, 0.29) is 0 Å². The number of nitrogens with one attached hydrogen (secondary N) is 1. The van der Waals surface area contributed by atoms with Gasteiger partial charge in [-0.25, -0.2) is 0 Å². The van der Waals surface area contributed by atoms with Crippen molar-refractivity contribution < 1.29 is 4.52 Å². The zero-order valence-corrected chi connectivity index (χ0v) is 7.62. The fourth-order valence-electron chi connectivity index (χ4n) is 1.97. The van der Waals surface area contributed by atoms with E-state index in [1.807, 2.05) is 0 Å². The summed E-state index contributed by atoms with van der Waals surface area (Å²) in [5.41, 5.74) is 1.17. The van der Waals surface area contributed by atoms with Crippen molar-refractivity contribution >= 4 is 0 Å². The SMILES string of the molecule is c1c(C2CC2)noc1C1CCCN1. The second-order valence-electron chi connectivity index (χ2n) is 4.08. The molecule has 3 nitrogen and oxygen atoms in total. The highest BCUT2D eigenvalue weighted by atomic mass is 16.5. The van der Waals surface area contributed by atoms with Gasteiger partial charge in [0.25, 0.3) is 0 Å². The summed E-state index contributed by atoms with van der Waals surface area (Å²) in [4.78, 5) is 0. The van der Waals surface area contributed by atoms with Crippen LogP contribution in [0.4, 0.5) is 0 Å². The molecule has 3 rings (SSSR count). The molecule has 0 bridgehead atoms. The third-order valence-electron chi connectivity index (χ3n) is 2.95. The van der Waals surface area contributed by atoms with Gasteiger partial charge in [-0.15, -0.1) is 0 Å². The van der Waals surface area contributed by atoms with Crippen molar-refractivity contribution in [3.63, 3.8) is 0 Å². The van der Waals surface area contributed by atoms with Crippen LogP contribution in [0.3, 0.4) is 0 Å². The minimum Gasteiger partial charge on any atom is -0.359 e. The number of nitrogens with zero attached hydrogens (tertiary/aromatic N) is 1. The summed E-state index contributed by atoms with van der Waals surface area (Å²) < 4.78 is 5.34. The van der Waals surface area contributed by atoms with Crippen LogP contribution in [0, 0.1) is 0 Å². The Morgan fingerprint density at radius 2 is 2.31 bits per heavy atom. The molecule has 1 aromatic rings. The molecular weight excluding hydrogens is 164 g/mol. The summed E-state index contributed by atoms with van der Waals surface area (Å²) in [6.45, 7) is 1.12. The smallest absolute Gasteiger partial charge is 0.153 e. The lowest BCUT2D eigenvalue weighted by atomic mass is 10.1. The average Bonchev–Trinajstić information content (AvgIpc) is 2.72. The maximum atomic E-state index is 5.34. The zero-order valence-electron chi connectivity index (χ0n) is 7.62. The monoisotopic (exact) mass is 178 g/mol. The van der Waals surface area contributed by atoms with E-state index in [2.05, 4.69) is 16.5 Å². The molecule has 0 radical (unpaired) electrons. The predicted octanol–water partition coefficient (Wildman–Crippen LogP) is 1.98. The topological polar surface area (TPSA) is 38.1 Å². The summed E-state index contributed by atoms with van der Waals surface area (Å²) in [6.07, 6.45) is 5.04. The number of rotatable bonds is 2. The summed E-state index contributed by atoms with van der Waals surface area (Å²) in [6, 6.07) is 2.57. The van der Waals surface area contributed by atoms with Crippen LogP contribution >= 0.6 is 0 Å². The third-order valence-corrected chi connectivity index (χ3v) is 2.95. The number of hydrogen-bond donors (Lipinski definition) is 1. The highest BCUT2D eigenvalue weighted by Gasteiger charge is 2.29. The van der Waals surface area contributed by atoms with Crippen molar-refractivity contribution in [1.82, 2.24) is 10.5 Å². The van der Waals surface area contributed by atoms with Crippen LogP contribution in [-0.2, 0) is 0 Å². The second kappa shape index (κ2) is 2.84. The van der Waals surface area contributed by atoms with Crippen LogP contribution < -0.4 is 5.32 Å². The van der Waals surface area contributed by atoms with E-state index in [1.54, 1.807) is 0 Å².